The third-order valence-electron chi connectivity index (χ3n) is 5.01. The van der Waals surface area contributed by atoms with Crippen LogP contribution in [0.3, 0.4) is 0 Å². The number of aromatic nitrogens is 1. The maximum absolute atomic E-state index is 12.7. The molecule has 0 spiro atoms. The van der Waals surface area contributed by atoms with E-state index in [0.717, 1.165) is 31.5 Å². The van der Waals surface area contributed by atoms with E-state index in [-0.39, 0.29) is 29.7 Å². The molecule has 0 saturated carbocycles. The Labute approximate surface area is 175 Å². The van der Waals surface area contributed by atoms with Gasteiger partial charge in [0.25, 0.3) is 17.4 Å². The Morgan fingerprint density at radius 1 is 1.23 bits per heavy atom. The van der Waals surface area contributed by atoms with Crippen LogP contribution in [0.2, 0.25) is 0 Å². The highest BCUT2D eigenvalue weighted by Crippen LogP contribution is 2.07. The highest BCUT2D eigenvalue weighted by atomic mass is 16.5. The van der Waals surface area contributed by atoms with Crippen LogP contribution in [0.5, 0.6) is 0 Å². The van der Waals surface area contributed by atoms with Gasteiger partial charge in [-0.2, -0.15) is 0 Å². The molecule has 160 valence electrons. The molecule has 2 heterocycles. The smallest absolute Gasteiger partial charge is 0.263 e. The summed E-state index contributed by atoms with van der Waals surface area (Å²) in [5.74, 6) is -0.830. The van der Waals surface area contributed by atoms with E-state index in [2.05, 4.69) is 16.0 Å². The topological polar surface area (TPSA) is 101 Å². The van der Waals surface area contributed by atoms with Crippen LogP contribution in [0, 0.1) is 0 Å². The van der Waals surface area contributed by atoms with Crippen LogP contribution in [0.25, 0.3) is 0 Å². The molecule has 2 aromatic rings. The number of pyridine rings is 1. The van der Waals surface area contributed by atoms with Crippen LogP contribution in [-0.2, 0) is 11.3 Å². The molecule has 1 unspecified atom stereocenters. The lowest BCUT2D eigenvalue weighted by Crippen LogP contribution is -2.39. The van der Waals surface area contributed by atoms with Crippen molar-refractivity contribution in [1.82, 2.24) is 20.5 Å². The lowest BCUT2D eigenvalue weighted by Gasteiger charge is -2.23. The number of amides is 2. The molecule has 0 bridgehead atoms. The molecule has 1 atom stereocenters. The fraction of sp³-hybridized carbons (Fsp3) is 0.409. The molecule has 1 saturated heterocycles. The van der Waals surface area contributed by atoms with Gasteiger partial charge < -0.3 is 25.3 Å². The van der Waals surface area contributed by atoms with Crippen molar-refractivity contribution >= 4 is 11.8 Å². The molecule has 0 aliphatic carbocycles. The van der Waals surface area contributed by atoms with Gasteiger partial charge in [0.05, 0.1) is 24.8 Å². The third kappa shape index (κ3) is 5.77. The van der Waals surface area contributed by atoms with Gasteiger partial charge in [-0.05, 0) is 24.5 Å². The van der Waals surface area contributed by atoms with Gasteiger partial charge in [0.2, 0.25) is 0 Å². The van der Waals surface area contributed by atoms with Gasteiger partial charge in [-0.3, -0.25) is 14.4 Å². The molecule has 30 heavy (non-hydrogen) atoms. The normalized spacial score (nSPS) is 16.1. The first-order valence-electron chi connectivity index (χ1n) is 10.2. The third-order valence-corrected chi connectivity index (χ3v) is 5.01. The van der Waals surface area contributed by atoms with Gasteiger partial charge in [0, 0.05) is 32.9 Å². The van der Waals surface area contributed by atoms with Crippen molar-refractivity contribution < 1.29 is 14.3 Å². The number of nitrogens with one attached hydrogen (secondary N) is 3. The zero-order valence-electron chi connectivity index (χ0n) is 17.1. The molecule has 3 rings (SSSR count). The first-order chi connectivity index (χ1) is 14.6. The van der Waals surface area contributed by atoms with Crippen molar-refractivity contribution in [1.29, 1.82) is 0 Å². The van der Waals surface area contributed by atoms with Crippen molar-refractivity contribution in [2.75, 3.05) is 33.3 Å². The molecule has 1 aromatic carbocycles. The zero-order chi connectivity index (χ0) is 21.3. The average molecular weight is 412 g/mol. The summed E-state index contributed by atoms with van der Waals surface area (Å²) in [7, 11) is 1.46. The number of hydrogen-bond acceptors (Lipinski definition) is 5. The summed E-state index contributed by atoms with van der Waals surface area (Å²) in [6.07, 6.45) is 3.31. The van der Waals surface area contributed by atoms with E-state index >= 15 is 0 Å². The van der Waals surface area contributed by atoms with Crippen LogP contribution in [0.1, 0.15) is 39.1 Å². The molecule has 8 heteroatoms. The lowest BCUT2D eigenvalue weighted by atomic mass is 10.1. The van der Waals surface area contributed by atoms with E-state index in [1.54, 1.807) is 0 Å². The number of ether oxygens (including phenoxy) is 1. The van der Waals surface area contributed by atoms with Gasteiger partial charge in [-0.25, -0.2) is 0 Å². The van der Waals surface area contributed by atoms with E-state index in [1.165, 1.54) is 23.9 Å². The van der Waals surface area contributed by atoms with Crippen molar-refractivity contribution in [3.05, 3.63) is 69.6 Å². The molecule has 0 radical (unpaired) electrons. The van der Waals surface area contributed by atoms with Crippen molar-refractivity contribution in [2.24, 2.45) is 0 Å². The number of morpholine rings is 1. The fourth-order valence-electron chi connectivity index (χ4n) is 3.39. The predicted octanol–water partition coefficient (Wildman–Crippen LogP) is 0.755. The number of nitrogens with zero attached hydrogens (tertiary/aromatic N) is 1. The van der Waals surface area contributed by atoms with E-state index in [0.29, 0.717) is 13.2 Å². The van der Waals surface area contributed by atoms with Crippen molar-refractivity contribution in [3.8, 4) is 0 Å². The quantitative estimate of drug-likeness (QED) is 0.556. The SMILES string of the molecule is CNC(=O)c1cc(C(=O)NCCCC2CNCCO2)cn(Cc2ccccc2)c1=O. The summed E-state index contributed by atoms with van der Waals surface area (Å²) >= 11 is 0. The summed E-state index contributed by atoms with van der Waals surface area (Å²) in [5.41, 5.74) is 0.695. The molecular weight excluding hydrogens is 384 g/mol. The Hall–Kier alpha value is -2.97. The molecule has 1 fully saturated rings. The Morgan fingerprint density at radius 3 is 2.73 bits per heavy atom. The van der Waals surface area contributed by atoms with Crippen LogP contribution in [0.4, 0.5) is 0 Å². The van der Waals surface area contributed by atoms with E-state index in [4.69, 9.17) is 4.74 Å². The lowest BCUT2D eigenvalue weighted by molar-refractivity contribution is 0.0225. The van der Waals surface area contributed by atoms with Crippen LogP contribution >= 0.6 is 0 Å². The predicted molar refractivity (Wildman–Crippen MR) is 114 cm³/mol. The van der Waals surface area contributed by atoms with Gasteiger partial charge in [-0.1, -0.05) is 30.3 Å². The highest BCUT2D eigenvalue weighted by Gasteiger charge is 2.17. The molecule has 8 nitrogen and oxygen atoms in total. The van der Waals surface area contributed by atoms with Gasteiger partial charge >= 0.3 is 0 Å². The maximum Gasteiger partial charge on any atom is 0.263 e. The molecule has 3 N–H and O–H groups in total. The van der Waals surface area contributed by atoms with Crippen molar-refractivity contribution in [3.63, 3.8) is 0 Å². The molecule has 2 amide bonds. The number of benzene rings is 1. The van der Waals surface area contributed by atoms with Gasteiger partial charge in [0.1, 0.15) is 5.56 Å². The second kappa shape index (κ2) is 10.7. The second-order valence-electron chi connectivity index (χ2n) is 7.24. The maximum atomic E-state index is 12.7. The Balaban J connectivity index is 1.70. The molecule has 1 aliphatic rings. The Bertz CT molecular complexity index is 920. The molecule has 1 aliphatic heterocycles. The number of hydrogen-bond donors (Lipinski definition) is 3. The first kappa shape index (κ1) is 21.7. The van der Waals surface area contributed by atoms with E-state index in [1.807, 2.05) is 30.3 Å². The van der Waals surface area contributed by atoms with Gasteiger partial charge in [-0.15, -0.1) is 0 Å². The minimum atomic E-state index is -0.515. The minimum Gasteiger partial charge on any atom is -0.376 e. The standard InChI is InChI=1S/C22H28N4O4/c1-23-21(28)19-12-17(15-26(22(19)29)14-16-6-3-2-4-7-16)20(27)25-9-5-8-18-13-24-10-11-30-18/h2-4,6-7,12,15,18,24H,5,8-11,13-14H2,1H3,(H,23,28)(H,25,27). The molecular formula is C22H28N4O4. The summed E-state index contributed by atoms with van der Waals surface area (Å²) in [4.78, 5) is 37.6. The van der Waals surface area contributed by atoms with Gasteiger partial charge in [0.15, 0.2) is 0 Å². The summed E-state index contributed by atoms with van der Waals surface area (Å²) in [6, 6.07) is 10.8. The molecule has 1 aromatic heterocycles. The largest absolute Gasteiger partial charge is 0.376 e. The first-order valence-corrected chi connectivity index (χ1v) is 10.2. The van der Waals surface area contributed by atoms with Crippen LogP contribution in [-0.4, -0.2) is 55.8 Å². The van der Waals surface area contributed by atoms with Crippen LogP contribution in [0.15, 0.2) is 47.4 Å². The Kier molecular flexibility index (Phi) is 7.75. The number of carbonyl (C=O) groups is 2. The number of carbonyl (C=O) groups excluding carboxylic acids is 2. The summed E-state index contributed by atoms with van der Waals surface area (Å²) in [6.45, 7) is 3.18. The monoisotopic (exact) mass is 412 g/mol. The van der Waals surface area contributed by atoms with Crippen molar-refractivity contribution in [2.45, 2.75) is 25.5 Å². The fourth-order valence-corrected chi connectivity index (χ4v) is 3.39. The highest BCUT2D eigenvalue weighted by molar-refractivity contribution is 5.99. The van der Waals surface area contributed by atoms with Crippen LogP contribution < -0.4 is 21.5 Å². The number of rotatable bonds is 8. The summed E-state index contributed by atoms with van der Waals surface area (Å²) in [5, 5.41) is 8.62. The van der Waals surface area contributed by atoms with E-state index < -0.39 is 11.5 Å². The minimum absolute atomic E-state index is 0.0530. The summed E-state index contributed by atoms with van der Waals surface area (Å²) < 4.78 is 7.05. The average Bonchev–Trinajstić information content (AvgIpc) is 2.78. The zero-order valence-corrected chi connectivity index (χ0v) is 17.1. The second-order valence-corrected chi connectivity index (χ2v) is 7.24. The Morgan fingerprint density at radius 2 is 2.03 bits per heavy atom. The van der Waals surface area contributed by atoms with E-state index in [9.17, 15) is 14.4 Å².